The molecule has 26 heavy (non-hydrogen) atoms. The number of morpholine rings is 1. The monoisotopic (exact) mass is 402 g/mol. The van der Waals surface area contributed by atoms with Gasteiger partial charge in [0.1, 0.15) is 4.90 Å². The van der Waals surface area contributed by atoms with E-state index in [2.05, 4.69) is 5.32 Å². The van der Waals surface area contributed by atoms with E-state index in [0.29, 0.717) is 0 Å². The van der Waals surface area contributed by atoms with Crippen molar-refractivity contribution in [2.75, 3.05) is 13.1 Å². The Labute approximate surface area is 160 Å². The molecule has 0 saturated carbocycles. The zero-order chi connectivity index (χ0) is 19.5. The van der Waals surface area contributed by atoms with Gasteiger partial charge in [0, 0.05) is 24.7 Å². The second-order valence-corrected chi connectivity index (χ2v) is 9.02. The molecule has 2 atom stereocenters. The van der Waals surface area contributed by atoms with Crippen LogP contribution in [0.2, 0.25) is 5.02 Å². The number of rotatable bonds is 6. The van der Waals surface area contributed by atoms with Crippen molar-refractivity contribution in [2.24, 2.45) is 0 Å². The number of ether oxygens (including phenoxy) is 1. The summed E-state index contributed by atoms with van der Waals surface area (Å²) in [7, 11) is -3.81. The van der Waals surface area contributed by atoms with Crippen molar-refractivity contribution in [3.63, 3.8) is 0 Å². The van der Waals surface area contributed by atoms with Crippen LogP contribution < -0.4 is 5.32 Å². The first-order chi connectivity index (χ1) is 12.2. The molecule has 0 aliphatic carbocycles. The molecular weight excluding hydrogens is 376 g/mol. The average Bonchev–Trinajstić information content (AvgIpc) is 2.58. The lowest BCUT2D eigenvalue weighted by atomic mass is 10.1. The van der Waals surface area contributed by atoms with E-state index in [-0.39, 0.29) is 52.7 Å². The number of carbonyl (C=O) groups is 1. The quantitative estimate of drug-likeness (QED) is 0.793. The van der Waals surface area contributed by atoms with Gasteiger partial charge in [-0.25, -0.2) is 8.42 Å². The van der Waals surface area contributed by atoms with Crippen LogP contribution in [0.15, 0.2) is 23.1 Å². The molecule has 0 aromatic heterocycles. The zero-order valence-corrected chi connectivity index (χ0v) is 17.2. The fourth-order valence-corrected chi connectivity index (χ4v) is 5.16. The smallest absolute Gasteiger partial charge is 0.251 e. The molecule has 1 saturated heterocycles. The maximum absolute atomic E-state index is 13.1. The van der Waals surface area contributed by atoms with Gasteiger partial charge in [-0.3, -0.25) is 4.79 Å². The van der Waals surface area contributed by atoms with Gasteiger partial charge in [0.15, 0.2) is 0 Å². The van der Waals surface area contributed by atoms with Crippen LogP contribution in [0.25, 0.3) is 0 Å². The highest BCUT2D eigenvalue weighted by atomic mass is 35.5. The third-order valence-corrected chi connectivity index (χ3v) is 6.83. The lowest BCUT2D eigenvalue weighted by Gasteiger charge is -2.34. The van der Waals surface area contributed by atoms with Gasteiger partial charge in [-0.15, -0.1) is 0 Å². The predicted molar refractivity (Wildman–Crippen MR) is 102 cm³/mol. The van der Waals surface area contributed by atoms with Crippen LogP contribution in [0, 0.1) is 0 Å². The van der Waals surface area contributed by atoms with Crippen LogP contribution in [0.3, 0.4) is 0 Å². The Morgan fingerprint density at radius 2 is 1.85 bits per heavy atom. The maximum Gasteiger partial charge on any atom is 0.251 e. The van der Waals surface area contributed by atoms with Gasteiger partial charge >= 0.3 is 0 Å². The highest BCUT2D eigenvalue weighted by Crippen LogP contribution is 2.28. The molecule has 1 N–H and O–H groups in total. The minimum Gasteiger partial charge on any atom is -0.373 e. The summed E-state index contributed by atoms with van der Waals surface area (Å²) in [5, 5.41) is 3.02. The standard InChI is InChI=1S/C18H27ClN2O4S/c1-5-15(6-2)20-18(22)14-7-8-16(19)17(9-14)26(23,24)21-10-12(3)25-13(4)11-21/h7-9,12-13,15H,5-6,10-11H2,1-4H3,(H,20,22). The first kappa shape index (κ1) is 21.2. The highest BCUT2D eigenvalue weighted by Gasteiger charge is 2.33. The molecule has 0 radical (unpaired) electrons. The van der Waals surface area contributed by atoms with E-state index < -0.39 is 10.0 Å². The van der Waals surface area contributed by atoms with Gasteiger partial charge in [-0.05, 0) is 44.9 Å². The number of nitrogens with one attached hydrogen (secondary N) is 1. The van der Waals surface area contributed by atoms with Crippen LogP contribution >= 0.6 is 11.6 Å². The summed E-state index contributed by atoms with van der Waals surface area (Å²) < 4.78 is 33.1. The SMILES string of the molecule is CCC(CC)NC(=O)c1ccc(Cl)c(S(=O)(=O)N2CC(C)OC(C)C2)c1. The first-order valence-electron chi connectivity index (χ1n) is 8.95. The second kappa shape index (κ2) is 8.69. The Hall–Kier alpha value is -1.15. The number of sulfonamides is 1. The van der Waals surface area contributed by atoms with Crippen LogP contribution in [0.5, 0.6) is 0 Å². The van der Waals surface area contributed by atoms with Crippen LogP contribution in [-0.2, 0) is 14.8 Å². The molecule has 2 rings (SSSR count). The predicted octanol–water partition coefficient (Wildman–Crippen LogP) is 3.06. The molecule has 1 aromatic rings. The Morgan fingerprint density at radius 1 is 1.27 bits per heavy atom. The zero-order valence-electron chi connectivity index (χ0n) is 15.7. The fraction of sp³-hybridized carbons (Fsp3) is 0.611. The van der Waals surface area contributed by atoms with Gasteiger partial charge in [-0.2, -0.15) is 4.31 Å². The Morgan fingerprint density at radius 3 is 2.38 bits per heavy atom. The van der Waals surface area contributed by atoms with Gasteiger partial charge in [0.25, 0.3) is 5.91 Å². The van der Waals surface area contributed by atoms with Crippen molar-refractivity contribution < 1.29 is 17.9 Å². The van der Waals surface area contributed by atoms with Crippen molar-refractivity contribution in [3.05, 3.63) is 28.8 Å². The van der Waals surface area contributed by atoms with E-state index in [0.717, 1.165) is 12.8 Å². The minimum absolute atomic E-state index is 0.0438. The molecule has 1 fully saturated rings. The van der Waals surface area contributed by atoms with Crippen molar-refractivity contribution in [1.29, 1.82) is 0 Å². The summed E-state index contributed by atoms with van der Waals surface area (Å²) in [5.41, 5.74) is 0.286. The number of nitrogens with zero attached hydrogens (tertiary/aromatic N) is 1. The fourth-order valence-electron chi connectivity index (χ4n) is 3.07. The van der Waals surface area contributed by atoms with E-state index in [1.54, 1.807) is 6.07 Å². The molecule has 0 spiro atoms. The molecule has 6 nitrogen and oxygen atoms in total. The number of benzene rings is 1. The summed E-state index contributed by atoms with van der Waals surface area (Å²) in [4.78, 5) is 12.4. The largest absolute Gasteiger partial charge is 0.373 e. The summed E-state index contributed by atoms with van der Waals surface area (Å²) in [6, 6.07) is 4.42. The number of halogens is 1. The number of carbonyl (C=O) groups excluding carboxylic acids is 1. The normalized spacial score (nSPS) is 21.8. The van der Waals surface area contributed by atoms with Crippen molar-refractivity contribution in [3.8, 4) is 0 Å². The van der Waals surface area contributed by atoms with Crippen LogP contribution in [-0.4, -0.2) is 50.0 Å². The summed E-state index contributed by atoms with van der Waals surface area (Å²) in [5.74, 6) is -0.296. The molecule has 146 valence electrons. The summed E-state index contributed by atoms with van der Waals surface area (Å²) in [6.07, 6.45) is 1.22. The Bertz CT molecular complexity index is 740. The van der Waals surface area contributed by atoms with Gasteiger partial charge < -0.3 is 10.1 Å². The summed E-state index contributed by atoms with van der Waals surface area (Å²) >= 11 is 6.17. The van der Waals surface area contributed by atoms with E-state index in [1.807, 2.05) is 27.7 Å². The Balaban J connectivity index is 2.32. The van der Waals surface area contributed by atoms with E-state index in [9.17, 15) is 13.2 Å². The average molecular weight is 403 g/mol. The van der Waals surface area contributed by atoms with Crippen molar-refractivity contribution in [2.45, 2.75) is 63.7 Å². The first-order valence-corrected chi connectivity index (χ1v) is 10.8. The van der Waals surface area contributed by atoms with Crippen molar-refractivity contribution >= 4 is 27.5 Å². The minimum atomic E-state index is -3.81. The lowest BCUT2D eigenvalue weighted by Crippen LogP contribution is -2.48. The molecule has 1 aromatic carbocycles. The number of hydrogen-bond donors (Lipinski definition) is 1. The molecule has 1 amide bonds. The molecule has 8 heteroatoms. The molecule has 1 aliphatic rings. The molecule has 0 bridgehead atoms. The molecule has 1 aliphatic heterocycles. The topological polar surface area (TPSA) is 75.7 Å². The highest BCUT2D eigenvalue weighted by molar-refractivity contribution is 7.89. The van der Waals surface area contributed by atoms with Crippen LogP contribution in [0.4, 0.5) is 0 Å². The second-order valence-electron chi connectivity index (χ2n) is 6.71. The van der Waals surface area contributed by atoms with Gasteiger partial charge in [0.2, 0.25) is 10.0 Å². The van der Waals surface area contributed by atoms with Crippen LogP contribution in [0.1, 0.15) is 50.9 Å². The van der Waals surface area contributed by atoms with Crippen molar-refractivity contribution in [1.82, 2.24) is 9.62 Å². The Kier molecular flexibility index (Phi) is 7.07. The van der Waals surface area contributed by atoms with Gasteiger partial charge in [0.05, 0.1) is 17.2 Å². The molecular formula is C18H27ClN2O4S. The third-order valence-electron chi connectivity index (χ3n) is 4.52. The number of hydrogen-bond acceptors (Lipinski definition) is 4. The third kappa shape index (κ3) is 4.76. The molecule has 1 heterocycles. The van der Waals surface area contributed by atoms with E-state index in [1.165, 1.54) is 16.4 Å². The number of amides is 1. The lowest BCUT2D eigenvalue weighted by molar-refractivity contribution is -0.0440. The molecule has 2 unspecified atom stereocenters. The van der Waals surface area contributed by atoms with E-state index >= 15 is 0 Å². The van der Waals surface area contributed by atoms with E-state index in [4.69, 9.17) is 16.3 Å². The maximum atomic E-state index is 13.1. The summed E-state index contributed by atoms with van der Waals surface area (Å²) in [6.45, 7) is 8.17. The van der Waals surface area contributed by atoms with Gasteiger partial charge in [-0.1, -0.05) is 25.4 Å².